The highest BCUT2D eigenvalue weighted by atomic mass is 35.5. The van der Waals surface area contributed by atoms with Crippen LogP contribution >= 0.6 is 11.6 Å². The van der Waals surface area contributed by atoms with Gasteiger partial charge in [0.05, 0.1) is 23.9 Å². The van der Waals surface area contributed by atoms with Gasteiger partial charge >= 0.3 is 12.0 Å². The minimum absolute atomic E-state index is 0.0277. The summed E-state index contributed by atoms with van der Waals surface area (Å²) in [6.45, 7) is 5.05. The maximum atomic E-state index is 12.1. The van der Waals surface area contributed by atoms with Gasteiger partial charge in [0, 0.05) is 18.2 Å². The first kappa shape index (κ1) is 19.3. The van der Waals surface area contributed by atoms with Crippen LogP contribution in [0.1, 0.15) is 26.7 Å². The third kappa shape index (κ3) is 5.51. The van der Waals surface area contributed by atoms with E-state index in [0.717, 1.165) is 12.8 Å². The van der Waals surface area contributed by atoms with E-state index < -0.39 is 5.97 Å². The number of rotatable bonds is 8. The summed E-state index contributed by atoms with van der Waals surface area (Å²) in [7, 11) is 0. The fraction of sp³-hybridized carbons (Fsp3) is 0.529. The second kappa shape index (κ2) is 8.92. The van der Waals surface area contributed by atoms with E-state index in [4.69, 9.17) is 21.4 Å². The summed E-state index contributed by atoms with van der Waals surface area (Å²) in [4.78, 5) is 24.9. The number of carbonyl (C=O) groups is 2. The smallest absolute Gasteiger partial charge is 0.319 e. The third-order valence-corrected chi connectivity index (χ3v) is 4.54. The Kier molecular flexibility index (Phi) is 6.90. The predicted octanol–water partition coefficient (Wildman–Crippen LogP) is 2.80. The molecule has 25 heavy (non-hydrogen) atoms. The topological polar surface area (TPSA) is 90.9 Å². The average molecular weight is 370 g/mol. The van der Waals surface area contributed by atoms with E-state index in [9.17, 15) is 9.59 Å². The number of aliphatic carboxylic acids is 1. The van der Waals surface area contributed by atoms with Crippen molar-refractivity contribution < 1.29 is 19.4 Å². The summed E-state index contributed by atoms with van der Waals surface area (Å²) < 4.78 is 5.40. The molecule has 1 aliphatic rings. The standard InChI is InChI=1S/C17H24ClN3O4/c1-3-21(10-16(22)23)12-7-11(8-12)19-17(24)20-15-9-13(25-4-2)5-6-14(15)18/h5-6,9,11-12H,3-4,7-8,10H2,1-2H3,(H,22,23)(H2,19,20,24). The molecule has 0 unspecified atom stereocenters. The van der Waals surface area contributed by atoms with Crippen LogP contribution in [0.15, 0.2) is 18.2 Å². The van der Waals surface area contributed by atoms with Gasteiger partial charge in [0.15, 0.2) is 0 Å². The van der Waals surface area contributed by atoms with Crippen molar-refractivity contribution in [3.05, 3.63) is 23.2 Å². The lowest BCUT2D eigenvalue weighted by Crippen LogP contribution is -2.55. The highest BCUT2D eigenvalue weighted by molar-refractivity contribution is 6.33. The van der Waals surface area contributed by atoms with Crippen molar-refractivity contribution in [1.82, 2.24) is 10.2 Å². The van der Waals surface area contributed by atoms with Crippen molar-refractivity contribution in [2.75, 3.05) is 25.0 Å². The van der Waals surface area contributed by atoms with E-state index in [2.05, 4.69) is 10.6 Å². The Balaban J connectivity index is 1.82. The molecule has 0 atom stereocenters. The normalized spacial score (nSPS) is 19.2. The van der Waals surface area contributed by atoms with Crippen LogP contribution in [0, 0.1) is 0 Å². The van der Waals surface area contributed by atoms with Crippen molar-refractivity contribution in [2.24, 2.45) is 0 Å². The molecule has 2 rings (SSSR count). The second-order valence-electron chi connectivity index (χ2n) is 5.95. The lowest BCUT2D eigenvalue weighted by atomic mass is 9.85. The number of nitrogens with zero attached hydrogens (tertiary/aromatic N) is 1. The number of anilines is 1. The van der Waals surface area contributed by atoms with Crippen LogP contribution in [-0.2, 0) is 4.79 Å². The van der Waals surface area contributed by atoms with E-state index in [1.165, 1.54) is 0 Å². The van der Waals surface area contributed by atoms with Crippen molar-refractivity contribution in [1.29, 1.82) is 0 Å². The minimum atomic E-state index is -0.833. The van der Waals surface area contributed by atoms with E-state index >= 15 is 0 Å². The largest absolute Gasteiger partial charge is 0.494 e. The summed E-state index contributed by atoms with van der Waals surface area (Å²) >= 11 is 6.10. The molecule has 2 amide bonds. The SMILES string of the molecule is CCOc1ccc(Cl)c(NC(=O)NC2CC(N(CC)CC(=O)O)C2)c1. The van der Waals surface area contributed by atoms with Crippen LogP contribution in [0.3, 0.4) is 0 Å². The zero-order valence-electron chi connectivity index (χ0n) is 14.4. The van der Waals surface area contributed by atoms with Crippen LogP contribution in [0.2, 0.25) is 5.02 Å². The molecule has 1 aromatic rings. The zero-order chi connectivity index (χ0) is 18.4. The number of carboxylic acids is 1. The van der Waals surface area contributed by atoms with Crippen molar-refractivity contribution in [2.45, 2.75) is 38.8 Å². The zero-order valence-corrected chi connectivity index (χ0v) is 15.2. The predicted molar refractivity (Wildman–Crippen MR) is 96.5 cm³/mol. The molecule has 0 aliphatic heterocycles. The molecule has 0 heterocycles. The monoisotopic (exact) mass is 369 g/mol. The molecule has 0 saturated heterocycles. The van der Waals surface area contributed by atoms with Gasteiger partial charge < -0.3 is 20.5 Å². The van der Waals surface area contributed by atoms with Crippen LogP contribution in [0.5, 0.6) is 5.75 Å². The van der Waals surface area contributed by atoms with Gasteiger partial charge in [-0.05, 0) is 38.4 Å². The fourth-order valence-corrected chi connectivity index (χ4v) is 3.04. The molecular formula is C17H24ClN3O4. The molecule has 0 aromatic heterocycles. The highest BCUT2D eigenvalue weighted by Crippen LogP contribution is 2.28. The maximum Gasteiger partial charge on any atom is 0.319 e. The lowest BCUT2D eigenvalue weighted by Gasteiger charge is -2.42. The van der Waals surface area contributed by atoms with Gasteiger partial charge in [0.25, 0.3) is 0 Å². The number of hydrogen-bond donors (Lipinski definition) is 3. The van der Waals surface area contributed by atoms with E-state index in [1.54, 1.807) is 18.2 Å². The molecule has 138 valence electrons. The van der Waals surface area contributed by atoms with Crippen molar-refractivity contribution in [3.63, 3.8) is 0 Å². The van der Waals surface area contributed by atoms with Gasteiger partial charge in [-0.25, -0.2) is 4.79 Å². The molecule has 1 saturated carbocycles. The molecule has 1 aromatic carbocycles. The summed E-state index contributed by atoms with van der Waals surface area (Å²) in [6, 6.07) is 4.98. The molecule has 1 fully saturated rings. The number of halogens is 1. The number of benzene rings is 1. The summed E-state index contributed by atoms with van der Waals surface area (Å²) in [6.07, 6.45) is 1.47. The van der Waals surface area contributed by atoms with Gasteiger partial charge in [-0.2, -0.15) is 0 Å². The van der Waals surface area contributed by atoms with Crippen molar-refractivity contribution in [3.8, 4) is 5.75 Å². The quantitative estimate of drug-likeness (QED) is 0.655. The molecular weight excluding hydrogens is 346 g/mol. The Morgan fingerprint density at radius 2 is 2.08 bits per heavy atom. The second-order valence-corrected chi connectivity index (χ2v) is 6.36. The van der Waals surface area contributed by atoms with E-state index in [-0.39, 0.29) is 24.7 Å². The Bertz CT molecular complexity index is 620. The van der Waals surface area contributed by atoms with Crippen LogP contribution in [0.25, 0.3) is 0 Å². The van der Waals surface area contributed by atoms with Gasteiger partial charge in [-0.3, -0.25) is 9.69 Å². The number of carboxylic acid groups (broad SMARTS) is 1. The Morgan fingerprint density at radius 1 is 1.36 bits per heavy atom. The Hall–Kier alpha value is -1.99. The molecule has 1 aliphatic carbocycles. The first-order valence-electron chi connectivity index (χ1n) is 8.38. The van der Waals surface area contributed by atoms with Crippen molar-refractivity contribution >= 4 is 29.3 Å². The van der Waals surface area contributed by atoms with Crippen LogP contribution in [0.4, 0.5) is 10.5 Å². The third-order valence-electron chi connectivity index (χ3n) is 4.21. The fourth-order valence-electron chi connectivity index (χ4n) is 2.88. The van der Waals surface area contributed by atoms with Crippen LogP contribution in [-0.4, -0.2) is 53.8 Å². The number of urea groups is 1. The number of hydrogen-bond acceptors (Lipinski definition) is 4. The first-order chi connectivity index (χ1) is 11.9. The minimum Gasteiger partial charge on any atom is -0.494 e. The summed E-state index contributed by atoms with van der Waals surface area (Å²) in [5.74, 6) is -0.196. The Labute approximate surface area is 152 Å². The Morgan fingerprint density at radius 3 is 2.68 bits per heavy atom. The lowest BCUT2D eigenvalue weighted by molar-refractivity contribution is -0.139. The average Bonchev–Trinajstić information content (AvgIpc) is 2.52. The molecule has 0 spiro atoms. The molecule has 0 bridgehead atoms. The summed E-state index contributed by atoms with van der Waals surface area (Å²) in [5.41, 5.74) is 0.488. The van der Waals surface area contributed by atoms with Gasteiger partial charge in [-0.1, -0.05) is 18.5 Å². The highest BCUT2D eigenvalue weighted by Gasteiger charge is 2.34. The molecule has 0 radical (unpaired) electrons. The molecule has 7 nitrogen and oxygen atoms in total. The summed E-state index contributed by atoms with van der Waals surface area (Å²) in [5, 5.41) is 14.9. The van der Waals surface area contributed by atoms with Crippen LogP contribution < -0.4 is 15.4 Å². The number of carbonyl (C=O) groups excluding carboxylic acids is 1. The number of ether oxygens (including phenoxy) is 1. The number of likely N-dealkylation sites (N-methyl/N-ethyl adjacent to an activating group) is 1. The van der Waals surface area contributed by atoms with E-state index in [1.807, 2.05) is 18.7 Å². The van der Waals surface area contributed by atoms with Gasteiger partial charge in [0.1, 0.15) is 5.75 Å². The first-order valence-corrected chi connectivity index (χ1v) is 8.76. The molecule has 8 heteroatoms. The molecule has 3 N–H and O–H groups in total. The van der Waals surface area contributed by atoms with E-state index in [0.29, 0.717) is 29.6 Å². The van der Waals surface area contributed by atoms with Gasteiger partial charge in [-0.15, -0.1) is 0 Å². The number of nitrogens with one attached hydrogen (secondary N) is 2. The van der Waals surface area contributed by atoms with Gasteiger partial charge in [0.2, 0.25) is 0 Å². The number of amides is 2. The maximum absolute atomic E-state index is 12.1.